The van der Waals surface area contributed by atoms with Crippen molar-refractivity contribution < 1.29 is 0 Å². The standard InChI is InChI=1S/C5H6BrN3O/c1-2-8-4(6)3(7)5(10)9-2/h7H2,1H3,(H,8,9,10). The van der Waals surface area contributed by atoms with E-state index in [1.165, 1.54) is 0 Å². The van der Waals surface area contributed by atoms with Gasteiger partial charge < -0.3 is 10.7 Å². The van der Waals surface area contributed by atoms with Crippen molar-refractivity contribution in [2.24, 2.45) is 0 Å². The maximum atomic E-state index is 10.8. The Balaban J connectivity index is 3.46. The number of nitrogens with zero attached hydrogens (tertiary/aromatic N) is 1. The zero-order valence-electron chi connectivity index (χ0n) is 5.31. The van der Waals surface area contributed by atoms with Gasteiger partial charge in [-0.05, 0) is 22.9 Å². The van der Waals surface area contributed by atoms with E-state index in [-0.39, 0.29) is 11.2 Å². The van der Waals surface area contributed by atoms with Crippen LogP contribution in [0.3, 0.4) is 0 Å². The van der Waals surface area contributed by atoms with Crippen molar-refractivity contribution in [2.45, 2.75) is 6.92 Å². The van der Waals surface area contributed by atoms with Crippen LogP contribution in [-0.2, 0) is 0 Å². The summed E-state index contributed by atoms with van der Waals surface area (Å²) in [6.07, 6.45) is 0. The van der Waals surface area contributed by atoms with Gasteiger partial charge in [-0.15, -0.1) is 0 Å². The zero-order valence-corrected chi connectivity index (χ0v) is 6.90. The molecule has 0 fully saturated rings. The molecule has 0 aliphatic carbocycles. The third kappa shape index (κ3) is 1.18. The lowest BCUT2D eigenvalue weighted by atomic mass is 10.5. The van der Waals surface area contributed by atoms with Gasteiger partial charge in [0.05, 0.1) is 0 Å². The second-order valence-electron chi connectivity index (χ2n) is 1.86. The fourth-order valence-corrected chi connectivity index (χ4v) is 1.01. The minimum atomic E-state index is -0.306. The summed E-state index contributed by atoms with van der Waals surface area (Å²) in [5, 5.41) is 0. The van der Waals surface area contributed by atoms with E-state index in [4.69, 9.17) is 5.73 Å². The SMILES string of the molecule is Cc1nc(Br)c(N)c(=O)[nH]1. The molecule has 0 amide bonds. The number of aromatic amines is 1. The number of nitrogens with one attached hydrogen (secondary N) is 1. The molecule has 1 aromatic rings. The van der Waals surface area contributed by atoms with E-state index in [1.807, 2.05) is 0 Å². The summed E-state index contributed by atoms with van der Waals surface area (Å²) in [6.45, 7) is 1.69. The highest BCUT2D eigenvalue weighted by atomic mass is 79.9. The summed E-state index contributed by atoms with van der Waals surface area (Å²) in [5.41, 5.74) is 5.11. The van der Waals surface area contributed by atoms with E-state index in [2.05, 4.69) is 25.9 Å². The molecule has 5 heteroatoms. The fraction of sp³-hybridized carbons (Fsp3) is 0.200. The summed E-state index contributed by atoms with van der Waals surface area (Å²) < 4.78 is 0.397. The number of rotatable bonds is 0. The van der Waals surface area contributed by atoms with Crippen LogP contribution in [-0.4, -0.2) is 9.97 Å². The third-order valence-corrected chi connectivity index (χ3v) is 1.63. The van der Waals surface area contributed by atoms with Crippen LogP contribution in [0.1, 0.15) is 5.82 Å². The van der Waals surface area contributed by atoms with Crippen molar-refractivity contribution >= 4 is 21.6 Å². The molecule has 3 N–H and O–H groups in total. The molecular formula is C5H6BrN3O. The lowest BCUT2D eigenvalue weighted by Crippen LogP contribution is -2.14. The highest BCUT2D eigenvalue weighted by Crippen LogP contribution is 2.09. The summed E-state index contributed by atoms with van der Waals surface area (Å²) in [5.74, 6) is 0.547. The molecule has 0 aromatic carbocycles. The summed E-state index contributed by atoms with van der Waals surface area (Å²) >= 11 is 3.04. The second-order valence-corrected chi connectivity index (χ2v) is 2.61. The van der Waals surface area contributed by atoms with E-state index in [0.29, 0.717) is 10.4 Å². The predicted octanol–water partition coefficient (Wildman–Crippen LogP) is 0.423. The molecule has 1 heterocycles. The number of nitrogens with two attached hydrogens (primary N) is 1. The molecule has 0 aliphatic heterocycles. The first-order chi connectivity index (χ1) is 4.61. The lowest BCUT2D eigenvalue weighted by Gasteiger charge is -1.95. The molecule has 0 unspecified atom stereocenters. The predicted molar refractivity (Wildman–Crippen MR) is 41.7 cm³/mol. The molecule has 0 saturated heterocycles. The summed E-state index contributed by atoms with van der Waals surface area (Å²) in [4.78, 5) is 17.1. The van der Waals surface area contributed by atoms with Crippen LogP contribution in [0.4, 0.5) is 5.69 Å². The van der Waals surface area contributed by atoms with Crippen LogP contribution in [0, 0.1) is 6.92 Å². The Bertz CT molecular complexity index is 306. The largest absolute Gasteiger partial charge is 0.392 e. The normalized spacial score (nSPS) is 9.80. The lowest BCUT2D eigenvalue weighted by molar-refractivity contribution is 1.01. The van der Waals surface area contributed by atoms with Crippen LogP contribution in [0.2, 0.25) is 0 Å². The van der Waals surface area contributed by atoms with Gasteiger partial charge in [0, 0.05) is 0 Å². The smallest absolute Gasteiger partial charge is 0.275 e. The highest BCUT2D eigenvalue weighted by Gasteiger charge is 2.00. The number of halogens is 1. The zero-order chi connectivity index (χ0) is 7.72. The van der Waals surface area contributed by atoms with Crippen molar-refractivity contribution in [1.82, 2.24) is 9.97 Å². The quantitative estimate of drug-likeness (QED) is 0.601. The molecule has 10 heavy (non-hydrogen) atoms. The van der Waals surface area contributed by atoms with E-state index in [9.17, 15) is 4.79 Å². The van der Waals surface area contributed by atoms with Gasteiger partial charge in [0.2, 0.25) is 0 Å². The monoisotopic (exact) mass is 203 g/mol. The third-order valence-electron chi connectivity index (χ3n) is 1.03. The van der Waals surface area contributed by atoms with Gasteiger partial charge in [0.15, 0.2) is 0 Å². The molecule has 54 valence electrons. The van der Waals surface area contributed by atoms with Gasteiger partial charge in [-0.25, -0.2) is 4.98 Å². The van der Waals surface area contributed by atoms with Gasteiger partial charge in [-0.1, -0.05) is 0 Å². The Morgan fingerprint density at radius 2 is 2.30 bits per heavy atom. The van der Waals surface area contributed by atoms with E-state index in [0.717, 1.165) is 0 Å². The highest BCUT2D eigenvalue weighted by molar-refractivity contribution is 9.10. The van der Waals surface area contributed by atoms with Crippen LogP contribution in [0.15, 0.2) is 9.40 Å². The molecule has 0 bridgehead atoms. The Hall–Kier alpha value is -0.840. The van der Waals surface area contributed by atoms with Crippen LogP contribution in [0.25, 0.3) is 0 Å². The van der Waals surface area contributed by atoms with Crippen molar-refractivity contribution in [2.75, 3.05) is 5.73 Å². The van der Waals surface area contributed by atoms with Crippen LogP contribution < -0.4 is 11.3 Å². The average Bonchev–Trinajstić information content (AvgIpc) is 1.82. The first-order valence-electron chi connectivity index (χ1n) is 2.63. The summed E-state index contributed by atoms with van der Waals surface area (Å²) in [6, 6.07) is 0. The number of hydrogen-bond donors (Lipinski definition) is 2. The van der Waals surface area contributed by atoms with Crippen molar-refractivity contribution in [3.05, 3.63) is 20.8 Å². The maximum Gasteiger partial charge on any atom is 0.275 e. The van der Waals surface area contributed by atoms with E-state index in [1.54, 1.807) is 6.92 Å². The number of aryl methyl sites for hydroxylation is 1. The average molecular weight is 204 g/mol. The molecule has 1 rings (SSSR count). The minimum absolute atomic E-state index is 0.116. The van der Waals surface area contributed by atoms with Gasteiger partial charge in [-0.3, -0.25) is 4.79 Å². The number of anilines is 1. The molecule has 0 spiro atoms. The van der Waals surface area contributed by atoms with Gasteiger partial charge in [0.25, 0.3) is 5.56 Å². The van der Waals surface area contributed by atoms with Crippen LogP contribution >= 0.6 is 15.9 Å². The van der Waals surface area contributed by atoms with E-state index < -0.39 is 0 Å². The topological polar surface area (TPSA) is 71.8 Å². The number of nitrogen functional groups attached to an aromatic ring is 1. The van der Waals surface area contributed by atoms with E-state index >= 15 is 0 Å². The molecule has 0 aliphatic rings. The number of aromatic nitrogens is 2. The molecule has 4 nitrogen and oxygen atoms in total. The minimum Gasteiger partial charge on any atom is -0.392 e. The first kappa shape index (κ1) is 7.27. The second kappa shape index (κ2) is 2.42. The summed E-state index contributed by atoms with van der Waals surface area (Å²) in [7, 11) is 0. The molecule has 0 atom stereocenters. The number of hydrogen-bond acceptors (Lipinski definition) is 3. The Labute approximate surface area is 65.6 Å². The maximum absolute atomic E-state index is 10.8. The Kier molecular flexibility index (Phi) is 1.76. The molecule has 0 radical (unpaired) electrons. The van der Waals surface area contributed by atoms with Crippen molar-refractivity contribution in [3.63, 3.8) is 0 Å². The van der Waals surface area contributed by atoms with Gasteiger partial charge >= 0.3 is 0 Å². The molecule has 0 saturated carbocycles. The first-order valence-corrected chi connectivity index (χ1v) is 3.42. The molecule has 1 aromatic heterocycles. The van der Waals surface area contributed by atoms with Crippen molar-refractivity contribution in [1.29, 1.82) is 0 Å². The Morgan fingerprint density at radius 3 is 2.80 bits per heavy atom. The molecular weight excluding hydrogens is 198 g/mol. The number of H-pyrrole nitrogens is 1. The van der Waals surface area contributed by atoms with Crippen LogP contribution in [0.5, 0.6) is 0 Å². The van der Waals surface area contributed by atoms with Crippen molar-refractivity contribution in [3.8, 4) is 0 Å². The van der Waals surface area contributed by atoms with Gasteiger partial charge in [-0.2, -0.15) is 0 Å². The van der Waals surface area contributed by atoms with Gasteiger partial charge in [0.1, 0.15) is 16.1 Å². The fourth-order valence-electron chi connectivity index (χ4n) is 0.561. The Morgan fingerprint density at radius 1 is 1.70 bits per heavy atom.